The van der Waals surface area contributed by atoms with Crippen LogP contribution in [0.5, 0.6) is 0 Å². The molecule has 20 heavy (non-hydrogen) atoms. The average molecular weight is 301 g/mol. The second kappa shape index (κ2) is 7.64. The van der Waals surface area contributed by atoms with Gasteiger partial charge in [0.2, 0.25) is 0 Å². The number of nitrogens with one attached hydrogen (secondary N) is 1. The predicted molar refractivity (Wildman–Crippen MR) is 82.4 cm³/mol. The molecule has 0 bridgehead atoms. The highest BCUT2D eigenvalue weighted by Crippen LogP contribution is 2.22. The zero-order valence-electron chi connectivity index (χ0n) is 12.6. The smallest absolute Gasteiger partial charge is 0.257 e. The Bertz CT molecular complexity index is 438. The molecule has 1 aliphatic rings. The first-order valence-electron chi connectivity index (χ1n) is 7.06. The van der Waals surface area contributed by atoms with E-state index in [2.05, 4.69) is 10.4 Å². The maximum atomic E-state index is 12.4. The summed E-state index contributed by atoms with van der Waals surface area (Å²) in [6, 6.07) is 0. The number of carbonyl (C=O) groups excluding carboxylic acids is 1. The van der Waals surface area contributed by atoms with Crippen LogP contribution in [0.1, 0.15) is 35.3 Å². The van der Waals surface area contributed by atoms with Crippen molar-refractivity contribution in [1.29, 1.82) is 0 Å². The Morgan fingerprint density at radius 1 is 1.45 bits per heavy atom. The van der Waals surface area contributed by atoms with Gasteiger partial charge in [-0.2, -0.15) is 5.10 Å². The molecule has 1 amide bonds. The molecule has 0 spiro atoms. The van der Waals surface area contributed by atoms with Crippen LogP contribution in [0, 0.1) is 12.8 Å². The Morgan fingerprint density at radius 2 is 2.10 bits per heavy atom. The Balaban J connectivity index is 0.00000200. The summed E-state index contributed by atoms with van der Waals surface area (Å²) in [6.45, 7) is 4.72. The lowest BCUT2D eigenvalue weighted by atomic mass is 9.93. The highest BCUT2D eigenvalue weighted by atomic mass is 35.5. The predicted octanol–water partition coefficient (Wildman–Crippen LogP) is 1.61. The lowest BCUT2D eigenvalue weighted by Gasteiger charge is -2.32. The molecule has 0 saturated carbocycles. The normalized spacial score (nSPS) is 16.1. The molecule has 6 heteroatoms. The summed E-state index contributed by atoms with van der Waals surface area (Å²) in [5.41, 5.74) is 1.57. The third-order valence-electron chi connectivity index (χ3n) is 3.95. The topological polar surface area (TPSA) is 50.2 Å². The van der Waals surface area contributed by atoms with Crippen molar-refractivity contribution in [1.82, 2.24) is 20.0 Å². The minimum absolute atomic E-state index is 0. The second-order valence-electron chi connectivity index (χ2n) is 5.43. The highest BCUT2D eigenvalue weighted by molar-refractivity contribution is 5.95. The van der Waals surface area contributed by atoms with Gasteiger partial charge in [-0.1, -0.05) is 0 Å². The van der Waals surface area contributed by atoms with Crippen molar-refractivity contribution in [3.05, 3.63) is 17.5 Å². The van der Waals surface area contributed by atoms with E-state index in [4.69, 9.17) is 0 Å². The van der Waals surface area contributed by atoms with Gasteiger partial charge >= 0.3 is 0 Å². The van der Waals surface area contributed by atoms with Gasteiger partial charge in [-0.15, -0.1) is 12.4 Å². The summed E-state index contributed by atoms with van der Waals surface area (Å²) in [4.78, 5) is 14.4. The van der Waals surface area contributed by atoms with Gasteiger partial charge < -0.3 is 10.2 Å². The van der Waals surface area contributed by atoms with Gasteiger partial charge in [0.15, 0.2) is 0 Å². The summed E-state index contributed by atoms with van der Waals surface area (Å²) in [5.74, 6) is 0.893. The maximum absolute atomic E-state index is 12.4. The molecule has 1 aromatic heterocycles. The van der Waals surface area contributed by atoms with Crippen molar-refractivity contribution >= 4 is 18.3 Å². The van der Waals surface area contributed by atoms with Crippen molar-refractivity contribution in [2.24, 2.45) is 13.0 Å². The number of hydrogen-bond acceptors (Lipinski definition) is 3. The van der Waals surface area contributed by atoms with E-state index >= 15 is 0 Å². The van der Waals surface area contributed by atoms with E-state index in [0.717, 1.165) is 49.7 Å². The van der Waals surface area contributed by atoms with E-state index < -0.39 is 0 Å². The van der Waals surface area contributed by atoms with Gasteiger partial charge in [0.05, 0.1) is 11.3 Å². The number of halogens is 1. The number of piperidine rings is 1. The second-order valence-corrected chi connectivity index (χ2v) is 5.43. The SMILES string of the molecule is CNCCC1CCN(C(=O)c2cn(C)nc2C)CC1.Cl. The monoisotopic (exact) mass is 300 g/mol. The average Bonchev–Trinajstić information content (AvgIpc) is 2.75. The van der Waals surface area contributed by atoms with Crippen LogP contribution in [-0.2, 0) is 7.05 Å². The number of aryl methyl sites for hydroxylation is 2. The zero-order valence-corrected chi connectivity index (χ0v) is 13.4. The van der Waals surface area contributed by atoms with Crippen LogP contribution in [-0.4, -0.2) is 47.3 Å². The van der Waals surface area contributed by atoms with Gasteiger partial charge in [-0.05, 0) is 45.7 Å². The molecule has 0 aliphatic carbocycles. The molecule has 1 aromatic rings. The number of amides is 1. The molecule has 1 fully saturated rings. The highest BCUT2D eigenvalue weighted by Gasteiger charge is 2.25. The first-order chi connectivity index (χ1) is 9.11. The van der Waals surface area contributed by atoms with E-state index in [0.29, 0.717) is 0 Å². The Kier molecular flexibility index (Phi) is 6.49. The first kappa shape index (κ1) is 17.0. The van der Waals surface area contributed by atoms with Crippen LogP contribution in [0.4, 0.5) is 0 Å². The Hall–Kier alpha value is -1.07. The summed E-state index contributed by atoms with van der Waals surface area (Å²) >= 11 is 0. The molecular formula is C14H25ClN4O. The molecule has 1 saturated heterocycles. The van der Waals surface area contributed by atoms with Crippen molar-refractivity contribution < 1.29 is 4.79 Å². The molecular weight excluding hydrogens is 276 g/mol. The van der Waals surface area contributed by atoms with E-state index in [1.54, 1.807) is 4.68 Å². The number of hydrogen-bond donors (Lipinski definition) is 1. The zero-order chi connectivity index (χ0) is 13.8. The van der Waals surface area contributed by atoms with E-state index in [9.17, 15) is 4.79 Å². The molecule has 1 aliphatic heterocycles. The molecule has 1 N–H and O–H groups in total. The van der Waals surface area contributed by atoms with Crippen molar-refractivity contribution in [3.63, 3.8) is 0 Å². The minimum Gasteiger partial charge on any atom is -0.339 e. The fourth-order valence-electron chi connectivity index (χ4n) is 2.75. The van der Waals surface area contributed by atoms with Gasteiger partial charge in [0.25, 0.3) is 5.91 Å². The van der Waals surface area contributed by atoms with Gasteiger partial charge in [0.1, 0.15) is 0 Å². The van der Waals surface area contributed by atoms with Crippen molar-refractivity contribution in [2.45, 2.75) is 26.2 Å². The van der Waals surface area contributed by atoms with Crippen LogP contribution in [0.25, 0.3) is 0 Å². The van der Waals surface area contributed by atoms with Crippen molar-refractivity contribution in [3.8, 4) is 0 Å². The fraction of sp³-hybridized carbons (Fsp3) is 0.714. The Morgan fingerprint density at radius 3 is 2.60 bits per heavy atom. The molecule has 2 rings (SSSR count). The van der Waals surface area contributed by atoms with Crippen molar-refractivity contribution in [2.75, 3.05) is 26.7 Å². The standard InChI is InChI=1S/C14H24N4O.ClH/c1-11-13(10-17(3)16-11)14(19)18-8-5-12(6-9-18)4-7-15-2;/h10,12,15H,4-9H2,1-3H3;1H. The van der Waals surface area contributed by atoms with Crippen LogP contribution < -0.4 is 5.32 Å². The molecule has 114 valence electrons. The Labute approximate surface area is 127 Å². The van der Waals surface area contributed by atoms with Crippen LogP contribution in [0.2, 0.25) is 0 Å². The number of likely N-dealkylation sites (tertiary alicyclic amines) is 1. The van der Waals surface area contributed by atoms with Crippen LogP contribution in [0.15, 0.2) is 6.20 Å². The van der Waals surface area contributed by atoms with E-state index in [-0.39, 0.29) is 18.3 Å². The number of carbonyl (C=O) groups is 1. The summed E-state index contributed by atoms with van der Waals surface area (Å²) in [6.07, 6.45) is 5.27. The third kappa shape index (κ3) is 3.96. The molecule has 0 unspecified atom stereocenters. The fourth-order valence-corrected chi connectivity index (χ4v) is 2.75. The molecule has 5 nitrogen and oxygen atoms in total. The van der Waals surface area contributed by atoms with E-state index in [1.165, 1.54) is 6.42 Å². The molecule has 0 atom stereocenters. The first-order valence-corrected chi connectivity index (χ1v) is 7.06. The maximum Gasteiger partial charge on any atom is 0.257 e. The summed E-state index contributed by atoms with van der Waals surface area (Å²) < 4.78 is 1.71. The molecule has 0 radical (unpaired) electrons. The molecule has 2 heterocycles. The van der Waals surface area contributed by atoms with E-state index in [1.807, 2.05) is 32.1 Å². The lowest BCUT2D eigenvalue weighted by molar-refractivity contribution is 0.0686. The number of rotatable bonds is 4. The molecule has 0 aromatic carbocycles. The third-order valence-corrected chi connectivity index (χ3v) is 3.95. The lowest BCUT2D eigenvalue weighted by Crippen LogP contribution is -2.39. The minimum atomic E-state index is 0. The van der Waals surface area contributed by atoms with Gasteiger partial charge in [-0.3, -0.25) is 9.48 Å². The van der Waals surface area contributed by atoms with Gasteiger partial charge in [0, 0.05) is 26.3 Å². The van der Waals surface area contributed by atoms with Crippen LogP contribution >= 0.6 is 12.4 Å². The summed E-state index contributed by atoms with van der Waals surface area (Å²) in [7, 11) is 3.84. The quantitative estimate of drug-likeness (QED) is 0.919. The van der Waals surface area contributed by atoms with Crippen LogP contribution in [0.3, 0.4) is 0 Å². The number of nitrogens with zero attached hydrogens (tertiary/aromatic N) is 3. The van der Waals surface area contributed by atoms with Gasteiger partial charge in [-0.25, -0.2) is 0 Å². The number of aromatic nitrogens is 2. The summed E-state index contributed by atoms with van der Waals surface area (Å²) in [5, 5.41) is 7.44. The largest absolute Gasteiger partial charge is 0.339 e.